The van der Waals surface area contributed by atoms with Gasteiger partial charge in [0.25, 0.3) is 5.91 Å². The van der Waals surface area contributed by atoms with Crippen molar-refractivity contribution in [1.29, 1.82) is 0 Å². The van der Waals surface area contributed by atoms with Gasteiger partial charge in [-0.3, -0.25) is 9.78 Å². The summed E-state index contributed by atoms with van der Waals surface area (Å²) in [5.74, 6) is 1.52. The van der Waals surface area contributed by atoms with Crippen LogP contribution in [0.25, 0.3) is 0 Å². The topological polar surface area (TPSA) is 76.0 Å². The van der Waals surface area contributed by atoms with Crippen molar-refractivity contribution in [3.8, 4) is 5.75 Å². The van der Waals surface area contributed by atoms with Crippen molar-refractivity contribution in [3.05, 3.63) is 47.3 Å². The van der Waals surface area contributed by atoms with Crippen molar-refractivity contribution in [3.63, 3.8) is 0 Å². The molecule has 4 heterocycles. The number of ether oxygens (including phenoxy) is 2. The number of aromatic nitrogens is 1. The van der Waals surface area contributed by atoms with E-state index in [1.165, 1.54) is 0 Å². The Balaban J connectivity index is 1.14. The average molecular weight is 481 g/mol. The van der Waals surface area contributed by atoms with Crippen LogP contribution in [0.2, 0.25) is 0 Å². The highest BCUT2D eigenvalue weighted by molar-refractivity contribution is 5.95. The van der Waals surface area contributed by atoms with Gasteiger partial charge in [0.1, 0.15) is 11.4 Å². The van der Waals surface area contributed by atoms with Gasteiger partial charge in [-0.15, -0.1) is 0 Å². The van der Waals surface area contributed by atoms with Gasteiger partial charge in [-0.1, -0.05) is 13.0 Å². The summed E-state index contributed by atoms with van der Waals surface area (Å²) in [5.41, 5.74) is 3.62. The maximum absolute atomic E-state index is 15.7. The first kappa shape index (κ1) is 23.7. The zero-order valence-corrected chi connectivity index (χ0v) is 20.5. The maximum Gasteiger partial charge on any atom is 0.262 e. The highest BCUT2D eigenvalue weighted by Crippen LogP contribution is 2.36. The number of hydrogen-bond acceptors (Lipinski definition) is 6. The van der Waals surface area contributed by atoms with Crippen molar-refractivity contribution in [1.82, 2.24) is 9.88 Å². The predicted molar refractivity (Wildman–Crippen MR) is 133 cm³/mol. The number of nitrogens with zero attached hydrogens (tertiary/aromatic N) is 3. The van der Waals surface area contributed by atoms with Crippen molar-refractivity contribution in [2.75, 3.05) is 38.7 Å². The molecular weight excluding hydrogens is 447 g/mol. The van der Waals surface area contributed by atoms with Crippen LogP contribution in [0.3, 0.4) is 0 Å². The smallest absolute Gasteiger partial charge is 0.262 e. The van der Waals surface area contributed by atoms with Gasteiger partial charge in [-0.2, -0.15) is 0 Å². The Hall–Kier alpha value is -3.00. The lowest BCUT2D eigenvalue weighted by molar-refractivity contribution is -0.118. The number of halogens is 1. The minimum absolute atomic E-state index is 0.0648. The van der Waals surface area contributed by atoms with Crippen LogP contribution in [0.15, 0.2) is 35.5 Å². The number of pyridine rings is 1. The van der Waals surface area contributed by atoms with E-state index in [1.807, 2.05) is 30.5 Å². The van der Waals surface area contributed by atoms with E-state index in [2.05, 4.69) is 22.1 Å². The molecule has 0 radical (unpaired) electrons. The van der Waals surface area contributed by atoms with E-state index < -0.39 is 5.67 Å². The Labute approximate surface area is 205 Å². The van der Waals surface area contributed by atoms with E-state index in [0.29, 0.717) is 31.4 Å². The summed E-state index contributed by atoms with van der Waals surface area (Å²) in [7, 11) is 1.65. The van der Waals surface area contributed by atoms with Crippen LogP contribution < -0.4 is 10.1 Å². The highest BCUT2D eigenvalue weighted by atomic mass is 19.1. The Morgan fingerprint density at radius 3 is 2.89 bits per heavy atom. The number of likely N-dealkylation sites (tertiary alicyclic amines) is 1. The first-order valence-corrected chi connectivity index (χ1v) is 12.5. The lowest BCUT2D eigenvalue weighted by Gasteiger charge is -2.36. The minimum atomic E-state index is -1.16. The average Bonchev–Trinajstić information content (AvgIpc) is 2.86. The number of anilines is 1. The SMILES string of the molecule is COC1=Nc2c(CCC3(F)CCN(CCc4ccc5c(c4)NC(=O)CO5)CC3)ccnc2CC1C. The molecule has 1 amide bonds. The lowest BCUT2D eigenvalue weighted by atomic mass is 9.86. The summed E-state index contributed by atoms with van der Waals surface area (Å²) in [6.07, 6.45) is 5.70. The number of fused-ring (bicyclic) bond motifs is 2. The number of methoxy groups -OCH3 is 1. The van der Waals surface area contributed by atoms with E-state index in [4.69, 9.17) is 14.5 Å². The van der Waals surface area contributed by atoms with Gasteiger partial charge in [0.2, 0.25) is 0 Å². The molecule has 1 N–H and O–H groups in total. The molecule has 0 spiro atoms. The molecule has 1 aromatic heterocycles. The monoisotopic (exact) mass is 480 g/mol. The summed E-state index contributed by atoms with van der Waals surface area (Å²) in [6, 6.07) is 7.89. The number of piperidine rings is 1. The number of carbonyl (C=O) groups excluding carboxylic acids is 1. The van der Waals surface area contributed by atoms with E-state index in [1.54, 1.807) is 7.11 Å². The number of amides is 1. The molecule has 3 aliphatic rings. The molecule has 3 aliphatic heterocycles. The van der Waals surface area contributed by atoms with Gasteiger partial charge in [-0.25, -0.2) is 9.38 Å². The van der Waals surface area contributed by atoms with E-state index >= 15 is 4.39 Å². The molecule has 1 saturated heterocycles. The van der Waals surface area contributed by atoms with Crippen LogP contribution in [0.4, 0.5) is 15.8 Å². The third-order valence-electron chi connectivity index (χ3n) is 7.42. The molecule has 2 aromatic rings. The molecule has 1 aromatic carbocycles. The molecule has 0 bridgehead atoms. The van der Waals surface area contributed by atoms with Crippen molar-refractivity contribution in [2.45, 2.75) is 51.1 Å². The highest BCUT2D eigenvalue weighted by Gasteiger charge is 2.34. The molecule has 8 heteroatoms. The predicted octanol–water partition coefficient (Wildman–Crippen LogP) is 4.26. The second kappa shape index (κ2) is 9.93. The molecule has 0 saturated carbocycles. The molecular formula is C27H33FN4O3. The Morgan fingerprint density at radius 1 is 1.26 bits per heavy atom. The van der Waals surface area contributed by atoms with Crippen LogP contribution in [-0.2, 0) is 28.8 Å². The quantitative estimate of drug-likeness (QED) is 0.669. The van der Waals surface area contributed by atoms with Crippen molar-refractivity contribution < 1.29 is 18.7 Å². The molecule has 186 valence electrons. The van der Waals surface area contributed by atoms with Crippen LogP contribution in [0, 0.1) is 5.92 Å². The van der Waals surface area contributed by atoms with Gasteiger partial charge in [0.05, 0.1) is 24.2 Å². The molecule has 1 unspecified atom stereocenters. The standard InChI is InChI=1S/C27H33FN4O3/c1-18-15-22-25(31-26(18)34-2)20(6-11-29-22)5-8-27(28)9-13-32(14-10-27)12-7-19-3-4-23-21(16-19)30-24(33)17-35-23/h3-4,6,11,16,18H,5,7-10,12-15,17H2,1-2H3,(H,30,33). The first-order chi connectivity index (χ1) is 16.9. The van der Waals surface area contributed by atoms with Gasteiger partial charge in [-0.05, 0) is 61.4 Å². The summed E-state index contributed by atoms with van der Waals surface area (Å²) in [6.45, 7) is 4.52. The fraction of sp³-hybridized carbons (Fsp3) is 0.519. The largest absolute Gasteiger partial charge is 0.484 e. The summed E-state index contributed by atoms with van der Waals surface area (Å²) < 4.78 is 26.6. The van der Waals surface area contributed by atoms with E-state index in [9.17, 15) is 4.79 Å². The van der Waals surface area contributed by atoms with Gasteiger partial charge in [0, 0.05) is 38.2 Å². The number of rotatable bonds is 6. The minimum Gasteiger partial charge on any atom is -0.484 e. The van der Waals surface area contributed by atoms with Gasteiger partial charge >= 0.3 is 0 Å². The third kappa shape index (κ3) is 5.32. The second-order valence-electron chi connectivity index (χ2n) is 9.93. The van der Waals surface area contributed by atoms with Crippen LogP contribution in [0.1, 0.15) is 43.0 Å². The molecule has 7 nitrogen and oxygen atoms in total. The number of carbonyl (C=O) groups is 1. The van der Waals surface area contributed by atoms with E-state index in [-0.39, 0.29) is 18.4 Å². The zero-order chi connectivity index (χ0) is 24.4. The Kier molecular flexibility index (Phi) is 6.73. The van der Waals surface area contributed by atoms with Crippen LogP contribution in [-0.4, -0.2) is 60.7 Å². The number of nitrogens with one attached hydrogen (secondary N) is 1. The number of aryl methyl sites for hydroxylation is 1. The number of benzene rings is 1. The lowest BCUT2D eigenvalue weighted by Crippen LogP contribution is -2.42. The third-order valence-corrected chi connectivity index (χ3v) is 7.42. The Bertz CT molecular complexity index is 1130. The number of alkyl halides is 1. The van der Waals surface area contributed by atoms with Gasteiger partial charge < -0.3 is 19.7 Å². The number of hydrogen-bond donors (Lipinski definition) is 1. The molecule has 1 fully saturated rings. The van der Waals surface area contributed by atoms with Gasteiger partial charge in [0.15, 0.2) is 12.5 Å². The zero-order valence-electron chi connectivity index (χ0n) is 20.5. The fourth-order valence-corrected chi connectivity index (χ4v) is 5.23. The Morgan fingerprint density at radius 2 is 2.09 bits per heavy atom. The van der Waals surface area contributed by atoms with Crippen molar-refractivity contribution >= 4 is 23.2 Å². The summed E-state index contributed by atoms with van der Waals surface area (Å²) in [4.78, 5) is 23.1. The van der Waals surface area contributed by atoms with E-state index in [0.717, 1.165) is 66.6 Å². The second-order valence-corrected chi connectivity index (χ2v) is 9.93. The summed E-state index contributed by atoms with van der Waals surface area (Å²) >= 11 is 0. The summed E-state index contributed by atoms with van der Waals surface area (Å²) in [5, 5.41) is 2.86. The van der Waals surface area contributed by atoms with Crippen molar-refractivity contribution in [2.24, 2.45) is 10.9 Å². The van der Waals surface area contributed by atoms with Crippen LogP contribution in [0.5, 0.6) is 5.75 Å². The molecule has 5 rings (SSSR count). The maximum atomic E-state index is 15.7. The fourth-order valence-electron chi connectivity index (χ4n) is 5.23. The normalized spacial score (nSPS) is 21.3. The first-order valence-electron chi connectivity index (χ1n) is 12.5. The number of aliphatic imine (C=N–C) groups is 1. The molecule has 35 heavy (non-hydrogen) atoms. The molecule has 0 aliphatic carbocycles. The van der Waals surface area contributed by atoms with Crippen LogP contribution >= 0.6 is 0 Å². The molecule has 1 atom stereocenters.